The predicted molar refractivity (Wildman–Crippen MR) is 105 cm³/mol. The summed E-state index contributed by atoms with van der Waals surface area (Å²) in [5.41, 5.74) is 0.868. The number of hydrogen-bond acceptors (Lipinski definition) is 2. The Balaban J connectivity index is 1.76. The molecule has 0 saturated carbocycles. The molecule has 25 heavy (non-hydrogen) atoms. The Kier molecular flexibility index (Phi) is 2.63. The monoisotopic (exact) mass is 335 g/mol. The topological polar surface area (TPSA) is 18.5 Å². The van der Waals surface area contributed by atoms with Crippen LogP contribution in [0.4, 0.5) is 0 Å². The first-order valence-electron chi connectivity index (χ1n) is 10.9. The van der Waals surface area contributed by atoms with E-state index >= 15 is 0 Å². The standard InChI is InChI=1S/C22H23BO2/c1-21(2)22(3,4)25-23(24-21)20-13-12-18-14-17(10-11-19(18)15-20)16-8-6-5-7-9-16/h5-15H,1-4H3/i5D,6D,7D,8D,9D. The Morgan fingerprint density at radius 2 is 1.36 bits per heavy atom. The lowest BCUT2D eigenvalue weighted by Gasteiger charge is -2.32. The second-order valence-electron chi connectivity index (χ2n) is 7.41. The van der Waals surface area contributed by atoms with Crippen LogP contribution in [0.2, 0.25) is 0 Å². The molecule has 1 fully saturated rings. The van der Waals surface area contributed by atoms with Gasteiger partial charge in [-0.05, 0) is 61.1 Å². The molecule has 0 spiro atoms. The van der Waals surface area contributed by atoms with Crippen molar-refractivity contribution in [1.82, 2.24) is 0 Å². The van der Waals surface area contributed by atoms with Crippen molar-refractivity contribution in [3.05, 3.63) is 66.6 Å². The third-order valence-corrected chi connectivity index (χ3v) is 5.18. The van der Waals surface area contributed by atoms with E-state index in [-0.39, 0.29) is 35.8 Å². The smallest absolute Gasteiger partial charge is 0.399 e. The van der Waals surface area contributed by atoms with Crippen molar-refractivity contribution >= 4 is 23.4 Å². The third-order valence-electron chi connectivity index (χ3n) is 5.18. The second-order valence-corrected chi connectivity index (χ2v) is 7.41. The van der Waals surface area contributed by atoms with Gasteiger partial charge in [-0.25, -0.2) is 0 Å². The lowest BCUT2D eigenvalue weighted by molar-refractivity contribution is 0.00578. The molecule has 3 aromatic rings. The quantitative estimate of drug-likeness (QED) is 0.626. The summed E-state index contributed by atoms with van der Waals surface area (Å²) in [5, 5.41) is 1.86. The average Bonchev–Trinajstić information content (AvgIpc) is 2.91. The van der Waals surface area contributed by atoms with Crippen LogP contribution in [0.25, 0.3) is 21.9 Å². The fourth-order valence-electron chi connectivity index (χ4n) is 2.94. The summed E-state index contributed by atoms with van der Waals surface area (Å²) in [6.07, 6.45) is 0. The lowest BCUT2D eigenvalue weighted by atomic mass is 9.78. The molecule has 126 valence electrons. The Morgan fingerprint density at radius 1 is 0.760 bits per heavy atom. The maximum Gasteiger partial charge on any atom is 0.494 e. The molecule has 1 aliphatic rings. The van der Waals surface area contributed by atoms with E-state index < -0.39 is 18.3 Å². The van der Waals surface area contributed by atoms with Crippen LogP contribution in [0, 0.1) is 0 Å². The minimum absolute atomic E-state index is 0.200. The summed E-state index contributed by atoms with van der Waals surface area (Å²) in [6.45, 7) is 8.06. The molecule has 1 saturated heterocycles. The van der Waals surface area contributed by atoms with Gasteiger partial charge in [0, 0.05) is 0 Å². The summed E-state index contributed by atoms with van der Waals surface area (Å²) in [4.78, 5) is 0. The van der Waals surface area contributed by atoms with E-state index in [2.05, 4.69) is 0 Å². The molecule has 0 aromatic heterocycles. The number of hydrogen-bond donors (Lipinski definition) is 0. The highest BCUT2D eigenvalue weighted by molar-refractivity contribution is 6.62. The largest absolute Gasteiger partial charge is 0.494 e. The molecule has 0 atom stereocenters. The highest BCUT2D eigenvalue weighted by Gasteiger charge is 2.51. The molecule has 0 N–H and O–H groups in total. The van der Waals surface area contributed by atoms with Gasteiger partial charge in [-0.15, -0.1) is 0 Å². The Labute approximate surface area is 156 Å². The maximum absolute atomic E-state index is 8.20. The molecule has 0 radical (unpaired) electrons. The molecule has 3 heteroatoms. The highest BCUT2D eigenvalue weighted by Crippen LogP contribution is 2.36. The van der Waals surface area contributed by atoms with Crippen molar-refractivity contribution in [3.8, 4) is 11.1 Å². The second kappa shape index (κ2) is 5.72. The molecule has 0 aliphatic carbocycles. The predicted octanol–water partition coefficient (Wildman–Crippen LogP) is 4.81. The van der Waals surface area contributed by atoms with Gasteiger partial charge in [0.25, 0.3) is 0 Å². The van der Waals surface area contributed by atoms with Crippen molar-refractivity contribution < 1.29 is 16.2 Å². The van der Waals surface area contributed by atoms with Crippen LogP contribution in [0.1, 0.15) is 34.5 Å². The van der Waals surface area contributed by atoms with E-state index in [9.17, 15) is 0 Å². The summed E-state index contributed by atoms with van der Waals surface area (Å²) in [7, 11) is -0.458. The molecule has 1 heterocycles. The van der Waals surface area contributed by atoms with Gasteiger partial charge in [0.05, 0.1) is 18.1 Å². The summed E-state index contributed by atoms with van der Waals surface area (Å²) in [5.74, 6) is 0. The van der Waals surface area contributed by atoms with Crippen LogP contribution in [0.15, 0.2) is 66.6 Å². The molecular formula is C22H23BO2. The average molecular weight is 335 g/mol. The van der Waals surface area contributed by atoms with Crippen molar-refractivity contribution in [3.63, 3.8) is 0 Å². The SMILES string of the molecule is [2H]c1c([2H])c([2H])c(-c2ccc3cc(B4OC(C)(C)C(C)(C)O4)ccc3c2)c([2H])c1[2H]. The van der Waals surface area contributed by atoms with Crippen LogP contribution in [-0.4, -0.2) is 18.3 Å². The third kappa shape index (κ3) is 2.88. The Hall–Kier alpha value is -2.10. The van der Waals surface area contributed by atoms with E-state index in [4.69, 9.17) is 16.2 Å². The van der Waals surface area contributed by atoms with Gasteiger partial charge in [-0.2, -0.15) is 0 Å². The zero-order valence-corrected chi connectivity index (χ0v) is 14.9. The zero-order valence-electron chi connectivity index (χ0n) is 19.9. The Bertz CT molecular complexity index is 1130. The summed E-state index contributed by atoms with van der Waals surface area (Å²) in [6, 6.07) is 9.95. The van der Waals surface area contributed by atoms with E-state index in [1.54, 1.807) is 6.07 Å². The Morgan fingerprint density at radius 3 is 2.04 bits per heavy atom. The number of rotatable bonds is 2. The van der Waals surface area contributed by atoms with E-state index in [1.165, 1.54) is 0 Å². The van der Waals surface area contributed by atoms with Gasteiger partial charge < -0.3 is 9.31 Å². The highest BCUT2D eigenvalue weighted by atomic mass is 16.7. The molecule has 2 nitrogen and oxygen atoms in total. The van der Waals surface area contributed by atoms with Gasteiger partial charge in [-0.3, -0.25) is 0 Å². The summed E-state index contributed by atoms with van der Waals surface area (Å²) >= 11 is 0. The maximum atomic E-state index is 8.20. The zero-order chi connectivity index (χ0) is 22.0. The van der Waals surface area contributed by atoms with Crippen LogP contribution in [0.3, 0.4) is 0 Å². The minimum atomic E-state index is -0.458. The van der Waals surface area contributed by atoms with Crippen molar-refractivity contribution in [2.45, 2.75) is 38.9 Å². The molecule has 3 aromatic carbocycles. The van der Waals surface area contributed by atoms with Crippen LogP contribution in [0.5, 0.6) is 0 Å². The van der Waals surface area contributed by atoms with Crippen LogP contribution in [-0.2, 0) is 9.31 Å². The van der Waals surface area contributed by atoms with Crippen molar-refractivity contribution in [2.24, 2.45) is 0 Å². The van der Waals surface area contributed by atoms with Crippen LogP contribution < -0.4 is 5.46 Å². The lowest BCUT2D eigenvalue weighted by Crippen LogP contribution is -2.41. The molecule has 1 aliphatic heterocycles. The van der Waals surface area contributed by atoms with Crippen molar-refractivity contribution in [1.29, 1.82) is 0 Å². The van der Waals surface area contributed by atoms with E-state index in [1.807, 2.05) is 58.0 Å². The normalized spacial score (nSPS) is 21.4. The van der Waals surface area contributed by atoms with Gasteiger partial charge in [-0.1, -0.05) is 60.5 Å². The van der Waals surface area contributed by atoms with E-state index in [0.717, 1.165) is 16.2 Å². The first-order valence-corrected chi connectivity index (χ1v) is 8.39. The van der Waals surface area contributed by atoms with Gasteiger partial charge in [0.2, 0.25) is 0 Å². The molecule has 0 bridgehead atoms. The fourth-order valence-corrected chi connectivity index (χ4v) is 2.94. The molecule has 4 rings (SSSR count). The van der Waals surface area contributed by atoms with Gasteiger partial charge >= 0.3 is 7.12 Å². The number of fused-ring (bicyclic) bond motifs is 1. The van der Waals surface area contributed by atoms with Crippen LogP contribution >= 0.6 is 0 Å². The molecular weight excluding hydrogens is 307 g/mol. The number of benzene rings is 3. The first kappa shape index (κ1) is 11.5. The van der Waals surface area contributed by atoms with Gasteiger partial charge in [0.15, 0.2) is 0 Å². The fraction of sp³-hybridized carbons (Fsp3) is 0.273. The minimum Gasteiger partial charge on any atom is -0.399 e. The first-order chi connectivity index (χ1) is 13.9. The summed E-state index contributed by atoms with van der Waals surface area (Å²) < 4.78 is 52.2. The molecule has 0 unspecified atom stereocenters. The van der Waals surface area contributed by atoms with Gasteiger partial charge in [0.1, 0.15) is 0 Å². The van der Waals surface area contributed by atoms with E-state index in [0.29, 0.717) is 5.56 Å². The van der Waals surface area contributed by atoms with Crippen molar-refractivity contribution in [2.75, 3.05) is 0 Å². The molecule has 0 amide bonds.